The predicted octanol–water partition coefficient (Wildman–Crippen LogP) is 1.78. The first-order valence-electron chi connectivity index (χ1n) is 8.74. The van der Waals surface area contributed by atoms with E-state index in [0.717, 1.165) is 44.0 Å². The van der Waals surface area contributed by atoms with Crippen LogP contribution in [0.4, 0.5) is 5.69 Å². The molecule has 2 heterocycles. The van der Waals surface area contributed by atoms with E-state index < -0.39 is 0 Å². The molecule has 2 aromatic rings. The third-order valence-electron chi connectivity index (χ3n) is 4.40. The number of amides is 1. The van der Waals surface area contributed by atoms with E-state index in [4.69, 9.17) is 4.74 Å². The summed E-state index contributed by atoms with van der Waals surface area (Å²) >= 11 is 0. The molecule has 0 spiro atoms. The lowest BCUT2D eigenvalue weighted by atomic mass is 10.2. The van der Waals surface area contributed by atoms with Crippen molar-refractivity contribution >= 4 is 11.6 Å². The van der Waals surface area contributed by atoms with Gasteiger partial charge >= 0.3 is 0 Å². The maximum Gasteiger partial charge on any atom is 0.226 e. The number of hydrogen-bond acceptors (Lipinski definition) is 5. The number of hydrogen-bond donors (Lipinski definition) is 2. The van der Waals surface area contributed by atoms with Gasteiger partial charge in [-0.1, -0.05) is 12.1 Å². The van der Waals surface area contributed by atoms with Gasteiger partial charge in [-0.15, -0.1) is 10.2 Å². The van der Waals surface area contributed by atoms with Gasteiger partial charge in [-0.2, -0.15) is 0 Å². The summed E-state index contributed by atoms with van der Waals surface area (Å²) < 4.78 is 7.46. The van der Waals surface area contributed by atoms with Crippen LogP contribution in [0.1, 0.15) is 31.4 Å². The van der Waals surface area contributed by atoms with Gasteiger partial charge < -0.3 is 19.9 Å². The van der Waals surface area contributed by atoms with Crippen LogP contribution in [0.2, 0.25) is 0 Å². The van der Waals surface area contributed by atoms with Gasteiger partial charge in [0.2, 0.25) is 5.91 Å². The Labute approximate surface area is 147 Å². The molecule has 0 aliphatic carbocycles. The average Bonchev–Trinajstić information content (AvgIpc) is 3.20. The van der Waals surface area contributed by atoms with Crippen molar-refractivity contribution in [3.8, 4) is 5.75 Å². The molecular weight excluding hydrogens is 318 g/mol. The van der Waals surface area contributed by atoms with E-state index >= 15 is 0 Å². The minimum Gasteiger partial charge on any atom is -0.495 e. The van der Waals surface area contributed by atoms with E-state index in [0.29, 0.717) is 17.9 Å². The monoisotopic (exact) mass is 343 g/mol. The Hall–Kier alpha value is -2.41. The third kappa shape index (κ3) is 4.36. The van der Waals surface area contributed by atoms with Crippen LogP contribution in [0.3, 0.4) is 0 Å². The lowest BCUT2D eigenvalue weighted by molar-refractivity contribution is -0.116. The summed E-state index contributed by atoms with van der Waals surface area (Å²) in [5, 5.41) is 14.7. The number of ether oxygens (including phenoxy) is 1. The smallest absolute Gasteiger partial charge is 0.226 e. The number of benzene rings is 1. The number of carbonyl (C=O) groups is 1. The fourth-order valence-electron chi connectivity index (χ4n) is 3.13. The van der Waals surface area contributed by atoms with Crippen molar-refractivity contribution in [1.82, 2.24) is 20.1 Å². The predicted molar refractivity (Wildman–Crippen MR) is 95.8 cm³/mol. The molecule has 0 radical (unpaired) electrons. The molecule has 1 aliphatic rings. The van der Waals surface area contributed by atoms with Gasteiger partial charge in [-0.05, 0) is 25.5 Å². The number of aromatic nitrogens is 3. The summed E-state index contributed by atoms with van der Waals surface area (Å²) in [6.45, 7) is 3.81. The highest BCUT2D eigenvalue weighted by Crippen LogP contribution is 2.23. The van der Waals surface area contributed by atoms with Crippen LogP contribution in [0.15, 0.2) is 24.3 Å². The van der Waals surface area contributed by atoms with Crippen molar-refractivity contribution in [2.45, 2.75) is 45.2 Å². The summed E-state index contributed by atoms with van der Waals surface area (Å²) in [4.78, 5) is 12.2. The van der Waals surface area contributed by atoms with Crippen LogP contribution in [0.25, 0.3) is 0 Å². The highest BCUT2D eigenvalue weighted by Gasteiger charge is 2.17. The van der Waals surface area contributed by atoms with Crippen molar-refractivity contribution in [2.24, 2.45) is 0 Å². The van der Waals surface area contributed by atoms with Crippen molar-refractivity contribution in [2.75, 3.05) is 19.0 Å². The Bertz CT molecular complexity index is 728. The Kier molecular flexibility index (Phi) is 5.65. The van der Waals surface area contributed by atoms with Crippen LogP contribution in [0, 0.1) is 0 Å². The molecule has 7 heteroatoms. The van der Waals surface area contributed by atoms with Crippen LogP contribution in [-0.2, 0) is 24.2 Å². The number of nitrogens with zero attached hydrogens (tertiary/aromatic N) is 3. The minimum atomic E-state index is -0.0344. The molecule has 0 fully saturated rings. The van der Waals surface area contributed by atoms with E-state index in [9.17, 15) is 4.79 Å². The summed E-state index contributed by atoms with van der Waals surface area (Å²) in [6.07, 6.45) is 3.41. The standard InChI is InChI=1S/C18H25N5O2/c1-13(12-18(24)20-14-6-3-4-7-15(14)25-2)19-10-9-17-22-21-16-8-5-11-23(16)17/h3-4,6-7,13,19H,5,8-12H2,1-2H3,(H,20,24)/t13-/m1/s1. The number of anilines is 1. The van der Waals surface area contributed by atoms with Crippen molar-refractivity contribution in [1.29, 1.82) is 0 Å². The number of rotatable bonds is 8. The number of carbonyl (C=O) groups excluding carboxylic acids is 1. The molecule has 1 aromatic heterocycles. The second-order valence-corrected chi connectivity index (χ2v) is 6.35. The Morgan fingerprint density at radius 2 is 2.20 bits per heavy atom. The summed E-state index contributed by atoms with van der Waals surface area (Å²) in [7, 11) is 1.59. The van der Waals surface area contributed by atoms with Crippen LogP contribution in [0.5, 0.6) is 5.75 Å². The average molecular weight is 343 g/mol. The Morgan fingerprint density at radius 1 is 1.36 bits per heavy atom. The lowest BCUT2D eigenvalue weighted by Gasteiger charge is -2.15. The number of para-hydroxylation sites is 2. The molecule has 1 atom stereocenters. The van der Waals surface area contributed by atoms with Gasteiger partial charge in [-0.25, -0.2) is 0 Å². The zero-order chi connectivity index (χ0) is 17.6. The molecule has 25 heavy (non-hydrogen) atoms. The van der Waals surface area contributed by atoms with Gasteiger partial charge in [-0.3, -0.25) is 4.79 Å². The minimum absolute atomic E-state index is 0.0344. The number of nitrogens with one attached hydrogen (secondary N) is 2. The topological polar surface area (TPSA) is 81.1 Å². The first kappa shape index (κ1) is 17.4. The second kappa shape index (κ2) is 8.11. The first-order chi connectivity index (χ1) is 12.2. The molecule has 1 aromatic carbocycles. The first-order valence-corrected chi connectivity index (χ1v) is 8.74. The van der Waals surface area contributed by atoms with Gasteiger partial charge in [0.15, 0.2) is 0 Å². The highest BCUT2D eigenvalue weighted by atomic mass is 16.5. The molecular formula is C18H25N5O2. The molecule has 1 aliphatic heterocycles. The number of aryl methyl sites for hydroxylation is 1. The molecule has 0 unspecified atom stereocenters. The summed E-state index contributed by atoms with van der Waals surface area (Å²) in [5.74, 6) is 2.76. The normalized spacial score (nSPS) is 14.2. The third-order valence-corrected chi connectivity index (χ3v) is 4.40. The summed E-state index contributed by atoms with van der Waals surface area (Å²) in [6, 6.07) is 7.49. The Balaban J connectivity index is 1.42. The van der Waals surface area contributed by atoms with E-state index in [-0.39, 0.29) is 11.9 Å². The molecule has 0 bridgehead atoms. The van der Waals surface area contributed by atoms with Crippen molar-refractivity contribution < 1.29 is 9.53 Å². The molecule has 7 nitrogen and oxygen atoms in total. The molecule has 2 N–H and O–H groups in total. The zero-order valence-electron chi connectivity index (χ0n) is 14.8. The molecule has 3 rings (SSSR count). The Morgan fingerprint density at radius 3 is 3.04 bits per heavy atom. The van der Waals surface area contributed by atoms with Crippen molar-refractivity contribution in [3.05, 3.63) is 35.9 Å². The van der Waals surface area contributed by atoms with Crippen LogP contribution >= 0.6 is 0 Å². The van der Waals surface area contributed by atoms with Crippen LogP contribution < -0.4 is 15.4 Å². The largest absolute Gasteiger partial charge is 0.495 e. The highest BCUT2D eigenvalue weighted by molar-refractivity contribution is 5.92. The van der Waals surface area contributed by atoms with E-state index in [1.54, 1.807) is 7.11 Å². The van der Waals surface area contributed by atoms with Crippen molar-refractivity contribution in [3.63, 3.8) is 0 Å². The van der Waals surface area contributed by atoms with Gasteiger partial charge in [0.25, 0.3) is 0 Å². The molecule has 1 amide bonds. The number of methoxy groups -OCH3 is 1. The van der Waals surface area contributed by atoms with E-state index in [1.807, 2.05) is 31.2 Å². The quantitative estimate of drug-likeness (QED) is 0.764. The van der Waals surface area contributed by atoms with Gasteiger partial charge in [0, 0.05) is 38.4 Å². The van der Waals surface area contributed by atoms with E-state index in [2.05, 4.69) is 25.4 Å². The maximum absolute atomic E-state index is 12.2. The molecule has 0 saturated carbocycles. The second-order valence-electron chi connectivity index (χ2n) is 6.35. The molecule has 134 valence electrons. The summed E-state index contributed by atoms with van der Waals surface area (Å²) in [5.41, 5.74) is 0.696. The van der Waals surface area contributed by atoms with Gasteiger partial charge in [0.1, 0.15) is 17.4 Å². The van der Waals surface area contributed by atoms with E-state index in [1.165, 1.54) is 0 Å². The van der Waals surface area contributed by atoms with Gasteiger partial charge in [0.05, 0.1) is 12.8 Å². The lowest BCUT2D eigenvalue weighted by Crippen LogP contribution is -2.32. The fourth-order valence-corrected chi connectivity index (χ4v) is 3.13. The SMILES string of the molecule is COc1ccccc1NC(=O)C[C@@H](C)NCCc1nnc2n1CCC2. The number of fused-ring (bicyclic) bond motifs is 1. The fraction of sp³-hybridized carbons (Fsp3) is 0.500. The maximum atomic E-state index is 12.2. The zero-order valence-corrected chi connectivity index (χ0v) is 14.8. The molecule has 0 saturated heterocycles. The van der Waals surface area contributed by atoms with Crippen LogP contribution in [-0.4, -0.2) is 40.4 Å².